The highest BCUT2D eigenvalue weighted by molar-refractivity contribution is 5.73. The average Bonchev–Trinajstić information content (AvgIpc) is 2.99. The van der Waals surface area contributed by atoms with Crippen molar-refractivity contribution in [2.75, 3.05) is 26.4 Å². The molecule has 0 heterocycles. The second kappa shape index (κ2) is 40.3. The van der Waals surface area contributed by atoms with Gasteiger partial charge in [-0.25, -0.2) is 26.3 Å². The van der Waals surface area contributed by atoms with Gasteiger partial charge < -0.3 is 19.1 Å². The Kier molecular flexibility index (Phi) is 52.0. The van der Waals surface area contributed by atoms with Crippen molar-refractivity contribution in [3.8, 4) is 0 Å². The topological polar surface area (TPSA) is 48.0 Å². The van der Waals surface area contributed by atoms with Gasteiger partial charge in [0, 0.05) is 63.8 Å². The van der Waals surface area contributed by atoms with E-state index in [1.807, 2.05) is 41.5 Å². The quantitative estimate of drug-likeness (QED) is 0.0717. The summed E-state index contributed by atoms with van der Waals surface area (Å²) in [6.45, 7) is 32.6. The third kappa shape index (κ3) is 52.9. The van der Waals surface area contributed by atoms with E-state index in [4.69, 9.17) is 14.2 Å². The van der Waals surface area contributed by atoms with Crippen molar-refractivity contribution in [1.82, 2.24) is 4.90 Å². The van der Waals surface area contributed by atoms with Crippen LogP contribution in [-0.2, 0) is 19.0 Å². The molecule has 0 aliphatic rings. The molecule has 0 fully saturated rings. The predicted molar refractivity (Wildman–Crippen MR) is 238 cm³/mol. The summed E-state index contributed by atoms with van der Waals surface area (Å²) in [5.41, 5.74) is 0. The predicted octanol–water partition coefficient (Wildman–Crippen LogP) is 16.1. The Morgan fingerprint density at radius 3 is 1.19 bits per heavy atom. The summed E-state index contributed by atoms with van der Waals surface area (Å²) in [4.78, 5) is 12.8. The Morgan fingerprint density at radius 2 is 0.877 bits per heavy atom. The molecule has 0 saturated heterocycles. The molecule has 0 aliphatic carbocycles. The zero-order chi connectivity index (χ0) is 42.6. The SMILES string of the molecule is C.C.C.C.CC(=O)N(CCCC(F)(F)C(C)C)C(C)C.CC(C)CCC(F)(F)COC(C)C.CC(C)CCCCOC(C)C.CC(C)OCCCC(F)(F)C(C)C. The molecule has 5 nitrogen and oxygen atoms in total. The van der Waals surface area contributed by atoms with Gasteiger partial charge >= 0.3 is 0 Å². The van der Waals surface area contributed by atoms with Crippen LogP contribution in [0.25, 0.3) is 0 Å². The summed E-state index contributed by atoms with van der Waals surface area (Å²) in [7, 11) is 0. The van der Waals surface area contributed by atoms with Crippen LogP contribution in [-0.4, -0.2) is 79.3 Å². The lowest BCUT2D eigenvalue weighted by molar-refractivity contribution is -0.131. The highest BCUT2D eigenvalue weighted by Crippen LogP contribution is 2.30. The lowest BCUT2D eigenvalue weighted by Crippen LogP contribution is -2.37. The highest BCUT2D eigenvalue weighted by atomic mass is 19.3. The molecule has 0 N–H and O–H groups in total. The van der Waals surface area contributed by atoms with Gasteiger partial charge in [0.15, 0.2) is 0 Å². The van der Waals surface area contributed by atoms with Gasteiger partial charge in [0.25, 0.3) is 11.8 Å². The van der Waals surface area contributed by atoms with Crippen LogP contribution < -0.4 is 0 Å². The Balaban J connectivity index is -0.0000000922. The van der Waals surface area contributed by atoms with Crippen molar-refractivity contribution in [2.45, 2.75) is 247 Å². The second-order valence-corrected chi connectivity index (χ2v) is 16.7. The summed E-state index contributed by atoms with van der Waals surface area (Å²) in [5.74, 6) is -7.93. The fourth-order valence-corrected chi connectivity index (χ4v) is 4.30. The van der Waals surface area contributed by atoms with Crippen molar-refractivity contribution in [3.63, 3.8) is 0 Å². The van der Waals surface area contributed by atoms with Gasteiger partial charge in [0.1, 0.15) is 6.61 Å². The molecule has 0 radical (unpaired) electrons. The molecule has 1 amide bonds. The molecule has 356 valence electrons. The molecule has 0 aromatic rings. The van der Waals surface area contributed by atoms with Crippen LogP contribution in [0.1, 0.15) is 205 Å². The minimum atomic E-state index is -2.66. The monoisotopic (exact) mass is 846 g/mol. The van der Waals surface area contributed by atoms with Gasteiger partial charge in [0.05, 0.1) is 18.3 Å². The van der Waals surface area contributed by atoms with E-state index in [1.54, 1.807) is 32.6 Å². The Morgan fingerprint density at radius 1 is 0.509 bits per heavy atom. The van der Waals surface area contributed by atoms with Crippen LogP contribution in [0.4, 0.5) is 26.3 Å². The lowest BCUT2D eigenvalue weighted by atomic mass is 10.0. The van der Waals surface area contributed by atoms with Crippen LogP contribution in [0.3, 0.4) is 0 Å². The molecule has 57 heavy (non-hydrogen) atoms. The van der Waals surface area contributed by atoms with Crippen LogP contribution in [0.2, 0.25) is 0 Å². The first-order valence-electron chi connectivity index (χ1n) is 20.3. The Hall–Kier alpha value is -1.07. The molecule has 0 atom stereocenters. The molecule has 0 aromatic carbocycles. The maximum Gasteiger partial charge on any atom is 0.271 e. The molecule has 0 spiro atoms. The Labute approximate surface area is 352 Å². The number of hydrogen-bond acceptors (Lipinski definition) is 4. The maximum atomic E-state index is 13.3. The lowest BCUT2D eigenvalue weighted by Gasteiger charge is -2.27. The van der Waals surface area contributed by atoms with Crippen LogP contribution >= 0.6 is 0 Å². The molecule has 0 aliphatic heterocycles. The van der Waals surface area contributed by atoms with Gasteiger partial charge in [-0.15, -0.1) is 0 Å². The number of hydrogen-bond donors (Lipinski definition) is 0. The van der Waals surface area contributed by atoms with E-state index in [9.17, 15) is 31.1 Å². The zero-order valence-electron chi connectivity index (χ0n) is 37.2. The highest BCUT2D eigenvalue weighted by Gasteiger charge is 2.33. The third-order valence-electron chi connectivity index (χ3n) is 8.07. The number of unbranched alkanes of at least 4 members (excludes halogenated alkanes) is 1. The average molecular weight is 846 g/mol. The molecule has 11 heteroatoms. The molecule has 0 unspecified atom stereocenters. The minimum absolute atomic E-state index is 0. The van der Waals surface area contributed by atoms with Gasteiger partial charge in [-0.3, -0.25) is 4.79 Å². The van der Waals surface area contributed by atoms with Gasteiger partial charge in [-0.2, -0.15) is 0 Å². The fourth-order valence-electron chi connectivity index (χ4n) is 4.30. The number of alkyl halides is 6. The first-order valence-corrected chi connectivity index (χ1v) is 20.3. The van der Waals surface area contributed by atoms with Crippen molar-refractivity contribution in [3.05, 3.63) is 0 Å². The third-order valence-corrected chi connectivity index (χ3v) is 8.07. The van der Waals surface area contributed by atoms with Crippen molar-refractivity contribution in [1.29, 1.82) is 0 Å². The van der Waals surface area contributed by atoms with Gasteiger partial charge in [-0.1, -0.05) is 97.9 Å². The molecule has 0 saturated carbocycles. The van der Waals surface area contributed by atoms with Crippen molar-refractivity contribution in [2.24, 2.45) is 23.7 Å². The normalized spacial score (nSPS) is 11.6. The smallest absolute Gasteiger partial charge is 0.271 e. The molecule has 0 rings (SSSR count). The maximum absolute atomic E-state index is 13.3. The molecular formula is C46H101F6NO4. The summed E-state index contributed by atoms with van der Waals surface area (Å²) in [5, 5.41) is 0. The van der Waals surface area contributed by atoms with E-state index in [1.165, 1.54) is 40.0 Å². The first-order chi connectivity index (χ1) is 24.0. The fraction of sp³-hybridized carbons (Fsp3) is 0.978. The number of rotatable bonds is 24. The molecule has 0 aromatic heterocycles. The number of carbonyl (C=O) groups is 1. The summed E-state index contributed by atoms with van der Waals surface area (Å²) in [6.07, 6.45) is 5.31. The Bertz CT molecular complexity index is 812. The van der Waals surface area contributed by atoms with E-state index < -0.39 is 36.2 Å². The zero-order valence-corrected chi connectivity index (χ0v) is 37.2. The second-order valence-electron chi connectivity index (χ2n) is 16.7. The van der Waals surface area contributed by atoms with E-state index >= 15 is 0 Å². The first kappa shape index (κ1) is 73.5. The van der Waals surface area contributed by atoms with E-state index in [2.05, 4.69) is 27.7 Å². The number of ether oxygens (including phenoxy) is 3. The number of halogens is 6. The standard InChI is InChI=1S/C12H23F2NO.2C10H20F2O.C10H22O.4CH4/c1-9(2)12(13,14)7-6-8-15(10(3)4)11(5)16;1-8(2)5-6-10(11,12)7-13-9(3)4;1-8(2)10(11,12)6-5-7-13-9(3)4;1-9(2)7-5-6-8-11-10(3)4;;;;/h9-10H,6-8H2,1-5H3;2*8-9H,5-7H2,1-4H3;9-10H,5-8H2,1-4H3;4*1H4. The summed E-state index contributed by atoms with van der Waals surface area (Å²) >= 11 is 0. The summed E-state index contributed by atoms with van der Waals surface area (Å²) < 4.78 is 94.2. The van der Waals surface area contributed by atoms with E-state index in [0.29, 0.717) is 44.4 Å². The van der Waals surface area contributed by atoms with E-state index in [0.717, 1.165) is 12.5 Å². The van der Waals surface area contributed by atoms with E-state index in [-0.39, 0.29) is 73.1 Å². The van der Waals surface area contributed by atoms with Crippen LogP contribution in [0.15, 0.2) is 0 Å². The van der Waals surface area contributed by atoms with Crippen LogP contribution in [0.5, 0.6) is 0 Å². The number of nitrogens with zero attached hydrogens (tertiary/aromatic N) is 1. The molecular weight excluding hydrogens is 744 g/mol. The van der Waals surface area contributed by atoms with Crippen molar-refractivity contribution >= 4 is 5.91 Å². The van der Waals surface area contributed by atoms with Gasteiger partial charge in [0.2, 0.25) is 11.8 Å². The minimum Gasteiger partial charge on any atom is -0.379 e. The van der Waals surface area contributed by atoms with Crippen LogP contribution in [0, 0.1) is 23.7 Å². The summed E-state index contributed by atoms with van der Waals surface area (Å²) in [6, 6.07) is 0.0742. The van der Waals surface area contributed by atoms with Crippen molar-refractivity contribution < 1.29 is 45.3 Å². The largest absolute Gasteiger partial charge is 0.379 e. The number of carbonyl (C=O) groups excluding carboxylic acids is 1. The van der Waals surface area contributed by atoms with Gasteiger partial charge in [-0.05, 0) is 92.9 Å². The molecule has 0 bridgehead atoms. The number of amides is 1.